The van der Waals surface area contributed by atoms with Gasteiger partial charge in [-0.1, -0.05) is 12.8 Å². The van der Waals surface area contributed by atoms with Crippen molar-refractivity contribution in [1.82, 2.24) is 5.32 Å². The van der Waals surface area contributed by atoms with Gasteiger partial charge in [0.25, 0.3) is 5.91 Å². The maximum atomic E-state index is 11.6. The summed E-state index contributed by atoms with van der Waals surface area (Å²) in [6.07, 6.45) is 4.54. The van der Waals surface area contributed by atoms with E-state index in [1.165, 1.54) is 12.8 Å². The summed E-state index contributed by atoms with van der Waals surface area (Å²) in [5.74, 6) is 0.529. The van der Waals surface area contributed by atoms with Crippen molar-refractivity contribution in [3.8, 4) is 11.8 Å². The van der Waals surface area contributed by atoms with Crippen LogP contribution in [0.1, 0.15) is 31.2 Å². The lowest BCUT2D eigenvalue weighted by Gasteiger charge is -2.12. The molecular formula is C14H16N2O2. The summed E-state index contributed by atoms with van der Waals surface area (Å²) < 4.78 is 5.36. The number of nitriles is 1. The first kappa shape index (κ1) is 12.4. The van der Waals surface area contributed by atoms with Crippen LogP contribution in [0.2, 0.25) is 0 Å². The molecule has 1 aromatic carbocycles. The Balaban J connectivity index is 1.76. The van der Waals surface area contributed by atoms with Crippen LogP contribution in [-0.4, -0.2) is 18.6 Å². The summed E-state index contributed by atoms with van der Waals surface area (Å²) in [6.45, 7) is 0.0302. The van der Waals surface area contributed by atoms with Crippen LogP contribution in [0, 0.1) is 11.3 Å². The molecule has 1 aromatic rings. The highest BCUT2D eigenvalue weighted by atomic mass is 16.5. The summed E-state index contributed by atoms with van der Waals surface area (Å²) in [5.41, 5.74) is 0.581. The smallest absolute Gasteiger partial charge is 0.258 e. The molecule has 0 atom stereocenters. The van der Waals surface area contributed by atoms with Gasteiger partial charge in [-0.3, -0.25) is 4.79 Å². The normalized spacial score (nSPS) is 15.1. The van der Waals surface area contributed by atoms with Crippen molar-refractivity contribution in [3.63, 3.8) is 0 Å². The van der Waals surface area contributed by atoms with Crippen LogP contribution in [0.15, 0.2) is 24.3 Å². The van der Waals surface area contributed by atoms with Gasteiger partial charge in [0.1, 0.15) is 5.75 Å². The van der Waals surface area contributed by atoms with E-state index in [0.717, 1.165) is 12.8 Å². The molecule has 0 unspecified atom stereocenters. The first-order chi connectivity index (χ1) is 8.78. The largest absolute Gasteiger partial charge is 0.484 e. The minimum absolute atomic E-state index is 0.0302. The second kappa shape index (κ2) is 6.06. The Morgan fingerprint density at radius 3 is 2.61 bits per heavy atom. The third-order valence-corrected chi connectivity index (χ3v) is 3.07. The van der Waals surface area contributed by atoms with Crippen LogP contribution in [0.5, 0.6) is 5.75 Å². The predicted molar refractivity (Wildman–Crippen MR) is 67.1 cm³/mol. The molecule has 0 saturated heterocycles. The Bertz CT molecular complexity index is 442. The van der Waals surface area contributed by atoms with E-state index in [2.05, 4.69) is 5.32 Å². The van der Waals surface area contributed by atoms with Crippen molar-refractivity contribution in [2.75, 3.05) is 6.61 Å². The number of hydrogen-bond donors (Lipinski definition) is 1. The summed E-state index contributed by atoms with van der Waals surface area (Å²) in [4.78, 5) is 11.6. The van der Waals surface area contributed by atoms with Gasteiger partial charge >= 0.3 is 0 Å². The van der Waals surface area contributed by atoms with E-state index in [9.17, 15) is 4.79 Å². The van der Waals surface area contributed by atoms with Crippen molar-refractivity contribution < 1.29 is 9.53 Å². The summed E-state index contributed by atoms with van der Waals surface area (Å²) in [6, 6.07) is 9.09. The molecule has 94 valence electrons. The molecule has 1 aliphatic carbocycles. The van der Waals surface area contributed by atoms with Gasteiger partial charge in [-0.05, 0) is 37.1 Å². The molecule has 1 fully saturated rings. The Morgan fingerprint density at radius 2 is 2.00 bits per heavy atom. The molecule has 4 nitrogen and oxygen atoms in total. The highest BCUT2D eigenvalue weighted by Gasteiger charge is 2.17. The van der Waals surface area contributed by atoms with Gasteiger partial charge in [-0.25, -0.2) is 0 Å². The molecule has 0 heterocycles. The highest BCUT2D eigenvalue weighted by Crippen LogP contribution is 2.17. The monoisotopic (exact) mass is 244 g/mol. The lowest BCUT2D eigenvalue weighted by molar-refractivity contribution is -0.123. The average molecular weight is 244 g/mol. The molecule has 0 aromatic heterocycles. The molecular weight excluding hydrogens is 228 g/mol. The summed E-state index contributed by atoms with van der Waals surface area (Å²) in [5, 5.41) is 11.6. The fraction of sp³-hybridized carbons (Fsp3) is 0.429. The van der Waals surface area contributed by atoms with E-state index in [4.69, 9.17) is 10.00 Å². The van der Waals surface area contributed by atoms with Crippen molar-refractivity contribution >= 4 is 5.91 Å². The number of nitrogens with zero attached hydrogens (tertiary/aromatic N) is 1. The predicted octanol–water partition coefficient (Wildman–Crippen LogP) is 2.00. The van der Waals surface area contributed by atoms with Gasteiger partial charge in [0.15, 0.2) is 6.61 Å². The third-order valence-electron chi connectivity index (χ3n) is 3.07. The average Bonchev–Trinajstić information content (AvgIpc) is 2.90. The minimum Gasteiger partial charge on any atom is -0.484 e. The zero-order valence-corrected chi connectivity index (χ0v) is 10.2. The molecule has 0 radical (unpaired) electrons. The second-order valence-electron chi connectivity index (χ2n) is 4.47. The molecule has 0 spiro atoms. The molecule has 0 aliphatic heterocycles. The van der Waals surface area contributed by atoms with E-state index in [0.29, 0.717) is 17.4 Å². The summed E-state index contributed by atoms with van der Waals surface area (Å²) in [7, 11) is 0. The van der Waals surface area contributed by atoms with Gasteiger partial charge in [0.2, 0.25) is 0 Å². The zero-order chi connectivity index (χ0) is 12.8. The van der Waals surface area contributed by atoms with Crippen LogP contribution in [0.25, 0.3) is 0 Å². The third kappa shape index (κ3) is 3.49. The molecule has 1 saturated carbocycles. The fourth-order valence-corrected chi connectivity index (χ4v) is 2.11. The zero-order valence-electron chi connectivity index (χ0n) is 10.2. The Morgan fingerprint density at radius 1 is 1.33 bits per heavy atom. The fourth-order valence-electron chi connectivity index (χ4n) is 2.11. The van der Waals surface area contributed by atoms with Crippen LogP contribution in [-0.2, 0) is 4.79 Å². The number of hydrogen-bond acceptors (Lipinski definition) is 3. The number of nitrogens with one attached hydrogen (secondary N) is 1. The van der Waals surface area contributed by atoms with E-state index >= 15 is 0 Å². The maximum absolute atomic E-state index is 11.6. The number of carbonyl (C=O) groups is 1. The van der Waals surface area contributed by atoms with Crippen LogP contribution in [0.4, 0.5) is 0 Å². The van der Waals surface area contributed by atoms with Crippen LogP contribution >= 0.6 is 0 Å². The van der Waals surface area contributed by atoms with E-state index in [-0.39, 0.29) is 12.5 Å². The minimum atomic E-state index is -0.0775. The van der Waals surface area contributed by atoms with Gasteiger partial charge < -0.3 is 10.1 Å². The number of rotatable bonds is 4. The van der Waals surface area contributed by atoms with E-state index in [1.54, 1.807) is 24.3 Å². The lowest BCUT2D eigenvalue weighted by Crippen LogP contribution is -2.36. The maximum Gasteiger partial charge on any atom is 0.258 e. The SMILES string of the molecule is N#Cc1ccc(OCC(=O)NC2CCCC2)cc1. The van der Waals surface area contributed by atoms with E-state index < -0.39 is 0 Å². The number of ether oxygens (including phenoxy) is 1. The lowest BCUT2D eigenvalue weighted by atomic mass is 10.2. The standard InChI is InChI=1S/C14H16N2O2/c15-9-11-5-7-13(8-6-11)18-10-14(17)16-12-3-1-2-4-12/h5-8,12H,1-4,10H2,(H,16,17). The topological polar surface area (TPSA) is 62.1 Å². The van der Waals surface area contributed by atoms with Crippen molar-refractivity contribution in [2.45, 2.75) is 31.7 Å². The molecule has 1 N–H and O–H groups in total. The number of amides is 1. The van der Waals surface area contributed by atoms with Gasteiger partial charge in [-0.15, -0.1) is 0 Å². The van der Waals surface area contributed by atoms with E-state index in [1.807, 2.05) is 6.07 Å². The first-order valence-corrected chi connectivity index (χ1v) is 6.20. The number of carbonyl (C=O) groups excluding carboxylic acids is 1. The molecule has 1 aliphatic rings. The Hall–Kier alpha value is -2.02. The Labute approximate surface area is 107 Å². The highest BCUT2D eigenvalue weighted by molar-refractivity contribution is 5.77. The van der Waals surface area contributed by atoms with Crippen molar-refractivity contribution in [3.05, 3.63) is 29.8 Å². The van der Waals surface area contributed by atoms with Crippen molar-refractivity contribution in [2.24, 2.45) is 0 Å². The van der Waals surface area contributed by atoms with Crippen LogP contribution < -0.4 is 10.1 Å². The molecule has 18 heavy (non-hydrogen) atoms. The second-order valence-corrected chi connectivity index (χ2v) is 4.47. The molecule has 1 amide bonds. The molecule has 4 heteroatoms. The molecule has 2 rings (SSSR count). The molecule has 0 bridgehead atoms. The van der Waals surface area contributed by atoms with Crippen LogP contribution in [0.3, 0.4) is 0 Å². The number of benzene rings is 1. The first-order valence-electron chi connectivity index (χ1n) is 6.20. The van der Waals surface area contributed by atoms with Gasteiger partial charge in [-0.2, -0.15) is 5.26 Å². The quantitative estimate of drug-likeness (QED) is 0.881. The summed E-state index contributed by atoms with van der Waals surface area (Å²) >= 11 is 0. The van der Waals surface area contributed by atoms with Crippen molar-refractivity contribution in [1.29, 1.82) is 5.26 Å². The Kier molecular flexibility index (Phi) is 4.19. The van der Waals surface area contributed by atoms with Gasteiger partial charge in [0.05, 0.1) is 11.6 Å². The van der Waals surface area contributed by atoms with Gasteiger partial charge in [0, 0.05) is 6.04 Å².